The van der Waals surface area contributed by atoms with Crippen molar-refractivity contribution in [2.75, 3.05) is 6.54 Å². The van der Waals surface area contributed by atoms with Crippen LogP contribution < -0.4 is 0 Å². The second kappa shape index (κ2) is 5.21. The number of carbonyl (C=O) groups excluding carboxylic acids is 1. The fraction of sp³-hybridized carbons (Fsp3) is 0.200. The van der Waals surface area contributed by atoms with Gasteiger partial charge in [0.1, 0.15) is 5.75 Å². The zero-order valence-electron chi connectivity index (χ0n) is 11.0. The standard InChI is InChI=1S/C15H13NO4S/c17-11-4-2-1-3-9(11)14(18)16-7-5-12-10(6-8-21-12)13(16)15(19)20/h1-4,6,8,13,17H,5,7H2,(H,19,20). The van der Waals surface area contributed by atoms with Gasteiger partial charge in [0.25, 0.3) is 5.91 Å². The van der Waals surface area contributed by atoms with Crippen LogP contribution in [0.25, 0.3) is 0 Å². The molecule has 1 aromatic carbocycles. The average molecular weight is 303 g/mol. The maximum Gasteiger partial charge on any atom is 0.331 e. The summed E-state index contributed by atoms with van der Waals surface area (Å²) in [6.45, 7) is 0.331. The summed E-state index contributed by atoms with van der Waals surface area (Å²) in [5.41, 5.74) is 0.796. The number of phenols is 1. The quantitative estimate of drug-likeness (QED) is 0.892. The number of hydrogen-bond donors (Lipinski definition) is 2. The molecule has 1 aliphatic heterocycles. The van der Waals surface area contributed by atoms with Crippen LogP contribution in [0.1, 0.15) is 26.8 Å². The first-order valence-electron chi connectivity index (χ1n) is 6.47. The van der Waals surface area contributed by atoms with Crippen molar-refractivity contribution < 1.29 is 19.8 Å². The molecule has 0 bridgehead atoms. The lowest BCUT2D eigenvalue weighted by molar-refractivity contribution is -0.142. The molecule has 1 amide bonds. The summed E-state index contributed by atoms with van der Waals surface area (Å²) in [5, 5.41) is 21.1. The molecule has 0 spiro atoms. The van der Waals surface area contributed by atoms with Crippen LogP contribution in [0.3, 0.4) is 0 Å². The van der Waals surface area contributed by atoms with Gasteiger partial charge in [-0.3, -0.25) is 4.79 Å². The molecule has 1 aliphatic rings. The van der Waals surface area contributed by atoms with Gasteiger partial charge in [-0.1, -0.05) is 12.1 Å². The molecule has 1 atom stereocenters. The number of amides is 1. The number of rotatable bonds is 2. The monoisotopic (exact) mass is 303 g/mol. The summed E-state index contributed by atoms with van der Waals surface area (Å²) in [5.74, 6) is -1.65. The number of hydrogen-bond acceptors (Lipinski definition) is 4. The summed E-state index contributed by atoms with van der Waals surface area (Å²) in [6.07, 6.45) is 0.635. The first kappa shape index (κ1) is 13.6. The summed E-state index contributed by atoms with van der Waals surface area (Å²) in [7, 11) is 0. The van der Waals surface area contributed by atoms with Crippen LogP contribution in [0, 0.1) is 0 Å². The predicted molar refractivity (Wildman–Crippen MR) is 77.5 cm³/mol. The van der Waals surface area contributed by atoms with Gasteiger partial charge >= 0.3 is 5.97 Å². The molecule has 5 nitrogen and oxygen atoms in total. The van der Waals surface area contributed by atoms with Crippen LogP contribution in [-0.4, -0.2) is 33.5 Å². The number of aromatic hydroxyl groups is 1. The molecule has 1 aromatic heterocycles. The molecular weight excluding hydrogens is 290 g/mol. The van der Waals surface area contributed by atoms with Gasteiger partial charge in [-0.2, -0.15) is 0 Å². The molecule has 0 radical (unpaired) electrons. The molecule has 1 unspecified atom stereocenters. The number of phenolic OH excluding ortho intramolecular Hbond substituents is 1. The van der Waals surface area contributed by atoms with Crippen molar-refractivity contribution >= 4 is 23.2 Å². The van der Waals surface area contributed by atoms with E-state index in [0.29, 0.717) is 18.5 Å². The van der Waals surface area contributed by atoms with Crippen LogP contribution in [0.5, 0.6) is 5.75 Å². The summed E-state index contributed by atoms with van der Waals surface area (Å²) >= 11 is 1.51. The maximum absolute atomic E-state index is 12.6. The van der Waals surface area contributed by atoms with E-state index < -0.39 is 17.9 Å². The normalized spacial score (nSPS) is 17.3. The Morgan fingerprint density at radius 2 is 2.00 bits per heavy atom. The Bertz CT molecular complexity index is 709. The smallest absolute Gasteiger partial charge is 0.331 e. The predicted octanol–water partition coefficient (Wildman–Crippen LogP) is 2.28. The van der Waals surface area contributed by atoms with Gasteiger partial charge in [0.05, 0.1) is 5.56 Å². The van der Waals surface area contributed by atoms with Crippen LogP contribution in [0.4, 0.5) is 0 Å². The van der Waals surface area contributed by atoms with E-state index in [1.807, 2.05) is 5.38 Å². The number of carboxylic acid groups (broad SMARTS) is 1. The fourth-order valence-electron chi connectivity index (χ4n) is 2.61. The van der Waals surface area contributed by atoms with Crippen LogP contribution in [0.2, 0.25) is 0 Å². The number of thiophene rings is 1. The number of carboxylic acids is 1. The molecule has 0 saturated carbocycles. The van der Waals surface area contributed by atoms with E-state index in [1.54, 1.807) is 18.2 Å². The van der Waals surface area contributed by atoms with E-state index in [4.69, 9.17) is 0 Å². The molecule has 2 heterocycles. The summed E-state index contributed by atoms with van der Waals surface area (Å²) in [4.78, 5) is 26.5. The molecule has 0 fully saturated rings. The molecule has 108 valence electrons. The van der Waals surface area contributed by atoms with E-state index in [-0.39, 0.29) is 11.3 Å². The number of fused-ring (bicyclic) bond motifs is 1. The third-order valence-corrected chi connectivity index (χ3v) is 4.59. The van der Waals surface area contributed by atoms with Crippen molar-refractivity contribution in [3.05, 3.63) is 51.7 Å². The van der Waals surface area contributed by atoms with E-state index in [0.717, 1.165) is 4.88 Å². The lowest BCUT2D eigenvalue weighted by Crippen LogP contribution is -2.43. The van der Waals surface area contributed by atoms with E-state index in [1.165, 1.54) is 28.4 Å². The van der Waals surface area contributed by atoms with Crippen molar-refractivity contribution in [3.63, 3.8) is 0 Å². The largest absolute Gasteiger partial charge is 0.507 e. The van der Waals surface area contributed by atoms with Crippen molar-refractivity contribution in [1.29, 1.82) is 0 Å². The Balaban J connectivity index is 2.00. The Hall–Kier alpha value is -2.34. The highest BCUT2D eigenvalue weighted by atomic mass is 32.1. The van der Waals surface area contributed by atoms with Gasteiger partial charge in [0.15, 0.2) is 6.04 Å². The van der Waals surface area contributed by atoms with Gasteiger partial charge < -0.3 is 15.1 Å². The minimum atomic E-state index is -1.06. The zero-order valence-corrected chi connectivity index (χ0v) is 11.8. The molecule has 0 saturated heterocycles. The number of aliphatic carboxylic acids is 1. The second-order valence-electron chi connectivity index (χ2n) is 4.81. The van der Waals surface area contributed by atoms with Crippen molar-refractivity contribution in [2.45, 2.75) is 12.5 Å². The Morgan fingerprint density at radius 3 is 2.71 bits per heavy atom. The Morgan fingerprint density at radius 1 is 1.24 bits per heavy atom. The van der Waals surface area contributed by atoms with Gasteiger partial charge in [-0.15, -0.1) is 11.3 Å². The van der Waals surface area contributed by atoms with Gasteiger partial charge in [0, 0.05) is 11.4 Å². The van der Waals surface area contributed by atoms with Crippen molar-refractivity contribution in [1.82, 2.24) is 4.90 Å². The zero-order chi connectivity index (χ0) is 15.0. The first-order chi connectivity index (χ1) is 10.1. The van der Waals surface area contributed by atoms with Crippen molar-refractivity contribution in [2.24, 2.45) is 0 Å². The maximum atomic E-state index is 12.6. The highest BCUT2D eigenvalue weighted by Gasteiger charge is 2.37. The van der Waals surface area contributed by atoms with Gasteiger partial charge in [0.2, 0.25) is 0 Å². The third kappa shape index (κ3) is 2.27. The topological polar surface area (TPSA) is 77.8 Å². The van der Waals surface area contributed by atoms with Crippen LogP contribution in [-0.2, 0) is 11.2 Å². The number of carbonyl (C=O) groups is 2. The molecule has 6 heteroatoms. The SMILES string of the molecule is O=C(O)C1c2ccsc2CCN1C(=O)c1ccccc1O. The van der Waals surface area contributed by atoms with E-state index in [2.05, 4.69) is 0 Å². The first-order valence-corrected chi connectivity index (χ1v) is 7.35. The summed E-state index contributed by atoms with van der Waals surface area (Å²) < 4.78 is 0. The minimum Gasteiger partial charge on any atom is -0.507 e. The Labute approximate surface area is 125 Å². The summed E-state index contributed by atoms with van der Waals surface area (Å²) in [6, 6.07) is 6.94. The fourth-order valence-corrected chi connectivity index (χ4v) is 3.51. The highest BCUT2D eigenvalue weighted by molar-refractivity contribution is 7.10. The lowest BCUT2D eigenvalue weighted by atomic mass is 9.98. The van der Waals surface area contributed by atoms with Crippen molar-refractivity contribution in [3.8, 4) is 5.75 Å². The molecular formula is C15H13NO4S. The van der Waals surface area contributed by atoms with Crippen LogP contribution >= 0.6 is 11.3 Å². The van der Waals surface area contributed by atoms with E-state index in [9.17, 15) is 19.8 Å². The van der Waals surface area contributed by atoms with Crippen LogP contribution in [0.15, 0.2) is 35.7 Å². The van der Waals surface area contributed by atoms with E-state index >= 15 is 0 Å². The number of para-hydroxylation sites is 1. The number of nitrogens with zero attached hydrogens (tertiary/aromatic N) is 1. The second-order valence-corrected chi connectivity index (χ2v) is 5.81. The molecule has 2 aromatic rings. The lowest BCUT2D eigenvalue weighted by Gasteiger charge is -2.33. The molecule has 3 rings (SSSR count). The van der Waals surface area contributed by atoms with Gasteiger partial charge in [-0.25, -0.2) is 4.79 Å². The third-order valence-electron chi connectivity index (χ3n) is 3.60. The minimum absolute atomic E-state index is 0.127. The Kier molecular flexibility index (Phi) is 3.39. The molecule has 2 N–H and O–H groups in total. The number of benzene rings is 1. The van der Waals surface area contributed by atoms with Gasteiger partial charge in [-0.05, 0) is 35.6 Å². The molecule has 0 aliphatic carbocycles. The highest BCUT2D eigenvalue weighted by Crippen LogP contribution is 2.35. The average Bonchev–Trinajstić information content (AvgIpc) is 2.94. The molecule has 21 heavy (non-hydrogen) atoms.